The summed E-state index contributed by atoms with van der Waals surface area (Å²) in [4.78, 5) is 12.1. The minimum atomic E-state index is 0.0244. The maximum atomic E-state index is 12.1. The number of hydrogen-bond acceptors (Lipinski definition) is 3. The molecule has 5 heteroatoms. The standard InChI is InChI=1S/C16H19N3O2/c1-10(2)19-16-14(9-17-19)13(8-15(20)18-16)11-5-4-6-12(7-11)21-3/h4-7,9-10,13H,8H2,1-3H3,(H,18,20)/t13-/m0/s1. The molecule has 0 aliphatic carbocycles. The molecule has 1 aliphatic rings. The molecule has 1 amide bonds. The predicted molar refractivity (Wildman–Crippen MR) is 80.7 cm³/mol. The second-order valence-corrected chi connectivity index (χ2v) is 5.57. The number of carbonyl (C=O) groups is 1. The van der Waals surface area contributed by atoms with E-state index in [0.717, 1.165) is 22.7 Å². The van der Waals surface area contributed by atoms with Crippen LogP contribution in [0.4, 0.5) is 5.82 Å². The summed E-state index contributed by atoms with van der Waals surface area (Å²) in [6.45, 7) is 4.10. The number of fused-ring (bicyclic) bond motifs is 1. The largest absolute Gasteiger partial charge is 0.497 e. The quantitative estimate of drug-likeness (QED) is 0.943. The number of ether oxygens (including phenoxy) is 1. The van der Waals surface area contributed by atoms with Crippen LogP contribution < -0.4 is 10.1 Å². The molecule has 3 rings (SSSR count). The van der Waals surface area contributed by atoms with Crippen LogP contribution in [0.3, 0.4) is 0 Å². The summed E-state index contributed by atoms with van der Waals surface area (Å²) in [7, 11) is 1.65. The Morgan fingerprint density at radius 1 is 1.43 bits per heavy atom. The van der Waals surface area contributed by atoms with Gasteiger partial charge in [0.05, 0.1) is 13.3 Å². The zero-order valence-electron chi connectivity index (χ0n) is 12.5. The van der Waals surface area contributed by atoms with E-state index >= 15 is 0 Å². The molecule has 0 unspecified atom stereocenters. The summed E-state index contributed by atoms with van der Waals surface area (Å²) in [6, 6.07) is 8.08. The number of benzene rings is 1. The van der Waals surface area contributed by atoms with Crippen molar-refractivity contribution in [1.29, 1.82) is 0 Å². The summed E-state index contributed by atoms with van der Waals surface area (Å²) >= 11 is 0. The molecule has 0 spiro atoms. The number of amides is 1. The summed E-state index contributed by atoms with van der Waals surface area (Å²) in [5.41, 5.74) is 2.14. The van der Waals surface area contributed by atoms with Gasteiger partial charge in [0.2, 0.25) is 5.91 Å². The van der Waals surface area contributed by atoms with Gasteiger partial charge in [-0.2, -0.15) is 5.10 Å². The zero-order valence-corrected chi connectivity index (χ0v) is 12.5. The first-order valence-electron chi connectivity index (χ1n) is 7.11. The summed E-state index contributed by atoms with van der Waals surface area (Å²) < 4.78 is 7.14. The van der Waals surface area contributed by atoms with Crippen LogP contribution in [-0.2, 0) is 4.79 Å². The van der Waals surface area contributed by atoms with E-state index in [2.05, 4.69) is 24.3 Å². The van der Waals surface area contributed by atoms with E-state index in [0.29, 0.717) is 6.42 Å². The summed E-state index contributed by atoms with van der Waals surface area (Å²) in [6.07, 6.45) is 2.29. The van der Waals surface area contributed by atoms with E-state index in [1.807, 2.05) is 35.1 Å². The third kappa shape index (κ3) is 2.39. The van der Waals surface area contributed by atoms with Crippen molar-refractivity contribution in [3.8, 4) is 5.75 Å². The topological polar surface area (TPSA) is 56.1 Å². The number of nitrogens with one attached hydrogen (secondary N) is 1. The summed E-state index contributed by atoms with van der Waals surface area (Å²) in [5, 5.41) is 7.37. The van der Waals surface area contributed by atoms with Crippen LogP contribution in [-0.4, -0.2) is 22.8 Å². The van der Waals surface area contributed by atoms with Crippen LogP contribution in [0, 0.1) is 0 Å². The van der Waals surface area contributed by atoms with Crippen molar-refractivity contribution >= 4 is 11.7 Å². The van der Waals surface area contributed by atoms with Gasteiger partial charge in [0.1, 0.15) is 11.6 Å². The molecule has 0 fully saturated rings. The number of hydrogen-bond donors (Lipinski definition) is 1. The number of nitrogens with zero attached hydrogens (tertiary/aromatic N) is 2. The van der Waals surface area contributed by atoms with Gasteiger partial charge in [0, 0.05) is 23.9 Å². The highest BCUT2D eigenvalue weighted by Crippen LogP contribution is 2.38. The maximum Gasteiger partial charge on any atom is 0.226 e. The van der Waals surface area contributed by atoms with Crippen LogP contribution in [0.15, 0.2) is 30.5 Å². The molecular formula is C16H19N3O2. The minimum Gasteiger partial charge on any atom is -0.497 e. The van der Waals surface area contributed by atoms with Gasteiger partial charge >= 0.3 is 0 Å². The molecule has 2 heterocycles. The Bertz CT molecular complexity index is 676. The first-order valence-corrected chi connectivity index (χ1v) is 7.11. The smallest absolute Gasteiger partial charge is 0.226 e. The first-order chi connectivity index (χ1) is 10.1. The van der Waals surface area contributed by atoms with Gasteiger partial charge < -0.3 is 10.1 Å². The van der Waals surface area contributed by atoms with Crippen molar-refractivity contribution in [3.63, 3.8) is 0 Å². The molecule has 0 bridgehead atoms. The molecular weight excluding hydrogens is 266 g/mol. The highest BCUT2D eigenvalue weighted by molar-refractivity contribution is 5.94. The summed E-state index contributed by atoms with van der Waals surface area (Å²) in [5.74, 6) is 1.67. The second kappa shape index (κ2) is 5.24. The van der Waals surface area contributed by atoms with Gasteiger partial charge in [-0.25, -0.2) is 4.68 Å². The van der Waals surface area contributed by atoms with Gasteiger partial charge in [-0.05, 0) is 31.5 Å². The van der Waals surface area contributed by atoms with Crippen molar-refractivity contribution in [3.05, 3.63) is 41.6 Å². The molecule has 0 saturated heterocycles. The fourth-order valence-corrected chi connectivity index (χ4v) is 2.79. The number of rotatable bonds is 3. The van der Waals surface area contributed by atoms with Gasteiger partial charge in [-0.1, -0.05) is 12.1 Å². The maximum absolute atomic E-state index is 12.1. The Kier molecular flexibility index (Phi) is 3.41. The molecule has 1 aromatic heterocycles. The molecule has 2 aromatic rings. The van der Waals surface area contributed by atoms with Crippen LogP contribution in [0.2, 0.25) is 0 Å². The second-order valence-electron chi connectivity index (χ2n) is 5.57. The normalized spacial score (nSPS) is 17.5. The van der Waals surface area contributed by atoms with Crippen LogP contribution >= 0.6 is 0 Å². The molecule has 1 aromatic carbocycles. The van der Waals surface area contributed by atoms with Crippen molar-refractivity contribution < 1.29 is 9.53 Å². The predicted octanol–water partition coefficient (Wildman–Crippen LogP) is 2.95. The average molecular weight is 285 g/mol. The van der Waals surface area contributed by atoms with Gasteiger partial charge in [-0.3, -0.25) is 4.79 Å². The molecule has 110 valence electrons. The number of methoxy groups -OCH3 is 1. The third-order valence-corrected chi connectivity index (χ3v) is 3.83. The lowest BCUT2D eigenvalue weighted by atomic mass is 9.87. The lowest BCUT2D eigenvalue weighted by Gasteiger charge is -2.24. The zero-order chi connectivity index (χ0) is 15.0. The molecule has 5 nitrogen and oxygen atoms in total. The van der Waals surface area contributed by atoms with Gasteiger partial charge in [-0.15, -0.1) is 0 Å². The Balaban J connectivity index is 2.07. The van der Waals surface area contributed by atoms with Crippen LogP contribution in [0.25, 0.3) is 0 Å². The Morgan fingerprint density at radius 3 is 2.95 bits per heavy atom. The van der Waals surface area contributed by atoms with Crippen molar-refractivity contribution in [2.75, 3.05) is 12.4 Å². The number of carbonyl (C=O) groups excluding carboxylic acids is 1. The van der Waals surface area contributed by atoms with Crippen molar-refractivity contribution in [2.45, 2.75) is 32.2 Å². The van der Waals surface area contributed by atoms with E-state index in [1.54, 1.807) is 7.11 Å². The Hall–Kier alpha value is -2.30. The Morgan fingerprint density at radius 2 is 2.24 bits per heavy atom. The van der Waals surface area contributed by atoms with E-state index < -0.39 is 0 Å². The van der Waals surface area contributed by atoms with E-state index in [1.165, 1.54) is 0 Å². The first kappa shape index (κ1) is 13.7. The van der Waals surface area contributed by atoms with E-state index in [-0.39, 0.29) is 17.9 Å². The lowest BCUT2D eigenvalue weighted by Crippen LogP contribution is -2.25. The average Bonchev–Trinajstić information content (AvgIpc) is 2.90. The van der Waals surface area contributed by atoms with Gasteiger partial charge in [0.15, 0.2) is 0 Å². The third-order valence-electron chi connectivity index (χ3n) is 3.83. The molecule has 1 atom stereocenters. The highest BCUT2D eigenvalue weighted by Gasteiger charge is 2.30. The SMILES string of the molecule is COc1cccc([C@@H]2CC(=O)Nc3c2cnn3C(C)C)c1. The molecule has 1 N–H and O–H groups in total. The van der Waals surface area contributed by atoms with E-state index in [9.17, 15) is 4.79 Å². The van der Waals surface area contributed by atoms with Crippen LogP contribution in [0.1, 0.15) is 43.4 Å². The Labute approximate surface area is 123 Å². The molecule has 1 aliphatic heterocycles. The number of aromatic nitrogens is 2. The molecule has 0 radical (unpaired) electrons. The molecule has 0 saturated carbocycles. The monoisotopic (exact) mass is 285 g/mol. The minimum absolute atomic E-state index is 0.0244. The van der Waals surface area contributed by atoms with E-state index in [4.69, 9.17) is 4.74 Å². The van der Waals surface area contributed by atoms with Crippen molar-refractivity contribution in [1.82, 2.24) is 9.78 Å². The lowest BCUT2D eigenvalue weighted by molar-refractivity contribution is -0.116. The fourth-order valence-electron chi connectivity index (χ4n) is 2.79. The number of anilines is 1. The highest BCUT2D eigenvalue weighted by atomic mass is 16.5. The van der Waals surface area contributed by atoms with Crippen LogP contribution in [0.5, 0.6) is 5.75 Å². The van der Waals surface area contributed by atoms with Gasteiger partial charge in [0.25, 0.3) is 0 Å². The fraction of sp³-hybridized carbons (Fsp3) is 0.375. The van der Waals surface area contributed by atoms with Crippen molar-refractivity contribution in [2.24, 2.45) is 0 Å². The molecule has 21 heavy (non-hydrogen) atoms.